The van der Waals surface area contributed by atoms with E-state index in [1.165, 1.54) is 12.0 Å². The Morgan fingerprint density at radius 3 is 2.18 bits per heavy atom. The average Bonchev–Trinajstić information content (AvgIpc) is 3.00. The average molecular weight is 630 g/mol. The number of hydrogen-bond acceptors (Lipinski definition) is 6. The number of methoxy groups -OCH3 is 2. The number of carboxylic acid groups (broad SMARTS) is 1. The first-order valence-corrected chi connectivity index (χ1v) is 15.9. The Morgan fingerprint density at radius 2 is 1.62 bits per heavy atom. The lowest BCUT2D eigenvalue weighted by Gasteiger charge is -2.28. The van der Waals surface area contributed by atoms with Crippen molar-refractivity contribution in [3.05, 3.63) is 49.1 Å². The number of nitrogens with one attached hydrogen (secondary N) is 2. The van der Waals surface area contributed by atoms with Crippen LogP contribution in [0.4, 0.5) is 0 Å². The third kappa shape index (κ3) is 13.8. The van der Waals surface area contributed by atoms with Gasteiger partial charge >= 0.3 is 5.97 Å². The van der Waals surface area contributed by atoms with Gasteiger partial charge in [-0.1, -0.05) is 45.8 Å². The van der Waals surface area contributed by atoms with Crippen LogP contribution in [-0.2, 0) is 25.7 Å². The highest BCUT2D eigenvalue weighted by molar-refractivity contribution is 5.91. The third-order valence-corrected chi connectivity index (χ3v) is 7.77. The van der Waals surface area contributed by atoms with Gasteiger partial charge in [-0.25, -0.2) is 4.79 Å². The molecule has 1 aromatic rings. The molecule has 0 heterocycles. The summed E-state index contributed by atoms with van der Waals surface area (Å²) in [5, 5.41) is 15.6. The van der Waals surface area contributed by atoms with Gasteiger partial charge in [0.15, 0.2) is 0 Å². The number of carbonyl (C=O) groups is 4. The maximum Gasteiger partial charge on any atom is 0.326 e. The summed E-state index contributed by atoms with van der Waals surface area (Å²) >= 11 is 0. The molecule has 0 radical (unpaired) electrons. The Bertz CT molecular complexity index is 1120. The van der Waals surface area contributed by atoms with Crippen LogP contribution in [0.5, 0.6) is 11.5 Å². The van der Waals surface area contributed by atoms with Crippen LogP contribution in [0.25, 0.3) is 0 Å². The number of nitrogens with zero attached hydrogens (tertiary/aromatic N) is 1. The summed E-state index contributed by atoms with van der Waals surface area (Å²) in [6.45, 7) is 13.6. The van der Waals surface area contributed by atoms with Crippen molar-refractivity contribution in [2.75, 3.05) is 21.3 Å². The first kappa shape index (κ1) is 39.2. The van der Waals surface area contributed by atoms with Crippen molar-refractivity contribution >= 4 is 23.7 Å². The minimum atomic E-state index is -1.34. The zero-order valence-electron chi connectivity index (χ0n) is 28.1. The highest BCUT2D eigenvalue weighted by Gasteiger charge is 2.33. The lowest BCUT2D eigenvalue weighted by Crippen LogP contribution is -2.53. The van der Waals surface area contributed by atoms with Gasteiger partial charge in [-0.15, -0.1) is 13.2 Å². The molecule has 0 aliphatic heterocycles. The Labute approximate surface area is 269 Å². The molecule has 0 aliphatic rings. The topological polar surface area (TPSA) is 134 Å². The van der Waals surface area contributed by atoms with Crippen LogP contribution in [0, 0.1) is 17.8 Å². The molecule has 45 heavy (non-hydrogen) atoms. The molecule has 1 rings (SSSR count). The number of carboxylic acids is 1. The van der Waals surface area contributed by atoms with Crippen LogP contribution in [0.1, 0.15) is 84.1 Å². The van der Waals surface area contributed by atoms with Crippen molar-refractivity contribution in [3.63, 3.8) is 0 Å². The second kappa shape index (κ2) is 21.0. The van der Waals surface area contributed by atoms with E-state index in [2.05, 4.69) is 23.8 Å². The number of rotatable bonds is 23. The van der Waals surface area contributed by atoms with Crippen molar-refractivity contribution in [1.29, 1.82) is 0 Å². The molecule has 0 spiro atoms. The Morgan fingerprint density at radius 1 is 0.933 bits per heavy atom. The second-order valence-electron chi connectivity index (χ2n) is 12.0. The largest absolute Gasteiger partial charge is 0.497 e. The molecular weight excluding hydrogens is 574 g/mol. The van der Waals surface area contributed by atoms with E-state index in [4.69, 9.17) is 9.47 Å². The Kier molecular flexibility index (Phi) is 18.3. The van der Waals surface area contributed by atoms with E-state index in [1.807, 2.05) is 26.8 Å². The zero-order chi connectivity index (χ0) is 33.9. The van der Waals surface area contributed by atoms with Crippen LogP contribution in [0.15, 0.2) is 43.5 Å². The van der Waals surface area contributed by atoms with Gasteiger partial charge in [0.1, 0.15) is 23.6 Å². The normalized spacial score (nSPS) is 13.6. The number of ether oxygens (including phenoxy) is 2. The van der Waals surface area contributed by atoms with Gasteiger partial charge in [0.25, 0.3) is 0 Å². The number of benzene rings is 1. The Hall–Kier alpha value is -3.82. The van der Waals surface area contributed by atoms with Gasteiger partial charge in [0.2, 0.25) is 17.7 Å². The fraction of sp³-hybridized carbons (Fsp3) is 0.600. The van der Waals surface area contributed by atoms with Crippen LogP contribution in [0.2, 0.25) is 0 Å². The monoisotopic (exact) mass is 629 g/mol. The molecule has 0 aliphatic carbocycles. The number of amides is 3. The van der Waals surface area contributed by atoms with Gasteiger partial charge in [-0.3, -0.25) is 14.4 Å². The summed E-state index contributed by atoms with van der Waals surface area (Å²) in [6.07, 6.45) is 8.81. The first-order valence-electron chi connectivity index (χ1n) is 15.9. The second-order valence-corrected chi connectivity index (χ2v) is 12.0. The Balaban J connectivity index is 3.08. The van der Waals surface area contributed by atoms with Crippen LogP contribution >= 0.6 is 0 Å². The predicted octanol–water partition coefficient (Wildman–Crippen LogP) is 5.51. The number of unbranched alkanes of at least 4 members (excludes halogenated alkanes) is 2. The highest BCUT2D eigenvalue weighted by atomic mass is 16.5. The fourth-order valence-corrected chi connectivity index (χ4v) is 5.33. The standard InChI is InChI=1S/C35H55N3O7/c1-9-12-13-14-17-25(15-10-2)32(39)36-29(20-24(4)5)33(40)37-30(35(42)43)21-26(16-11-3)34(41)38(6)23-27-18-19-28(44-7)22-31(27)45-8/h9,11,18-19,22,24-26,29-30H,1,3,10,12-17,20-21,23H2,2,4-8H3,(H,36,39)(H,37,40)(H,42,43). The molecule has 4 unspecified atom stereocenters. The lowest BCUT2D eigenvalue weighted by molar-refractivity contribution is -0.144. The summed E-state index contributed by atoms with van der Waals surface area (Å²) < 4.78 is 10.7. The summed E-state index contributed by atoms with van der Waals surface area (Å²) in [5.74, 6) is -2.06. The van der Waals surface area contributed by atoms with E-state index in [1.54, 1.807) is 38.4 Å². The van der Waals surface area contributed by atoms with Gasteiger partial charge in [0.05, 0.1) is 14.2 Å². The summed E-state index contributed by atoms with van der Waals surface area (Å²) in [4.78, 5) is 54.1. The molecule has 0 saturated carbocycles. The van der Waals surface area contributed by atoms with E-state index in [-0.39, 0.29) is 43.0 Å². The van der Waals surface area contributed by atoms with Crippen molar-refractivity contribution < 1.29 is 33.8 Å². The maximum absolute atomic E-state index is 13.5. The summed E-state index contributed by atoms with van der Waals surface area (Å²) in [5.41, 5.74) is 0.754. The molecule has 0 bridgehead atoms. The minimum absolute atomic E-state index is 0.0697. The molecule has 10 heteroatoms. The number of allylic oxidation sites excluding steroid dienone is 2. The van der Waals surface area contributed by atoms with Crippen LogP contribution in [0.3, 0.4) is 0 Å². The molecular formula is C35H55N3O7. The van der Waals surface area contributed by atoms with E-state index in [0.717, 1.165) is 31.2 Å². The molecule has 4 atom stereocenters. The smallest absolute Gasteiger partial charge is 0.326 e. The minimum Gasteiger partial charge on any atom is -0.497 e. The molecule has 3 N–H and O–H groups in total. The first-order chi connectivity index (χ1) is 21.4. The number of aliphatic carboxylic acids is 1. The van der Waals surface area contributed by atoms with Crippen LogP contribution < -0.4 is 20.1 Å². The molecule has 0 saturated heterocycles. The molecule has 1 aromatic carbocycles. The highest BCUT2D eigenvalue weighted by Crippen LogP contribution is 2.27. The maximum atomic E-state index is 13.5. The van der Waals surface area contributed by atoms with Crippen LogP contribution in [-0.4, -0.2) is 67.0 Å². The number of hydrogen-bond donors (Lipinski definition) is 3. The molecule has 252 valence electrons. The molecule has 10 nitrogen and oxygen atoms in total. The van der Waals surface area contributed by atoms with Crippen molar-refractivity contribution in [2.24, 2.45) is 17.8 Å². The molecule has 3 amide bonds. The third-order valence-electron chi connectivity index (χ3n) is 7.77. The van der Waals surface area contributed by atoms with Crippen molar-refractivity contribution in [2.45, 2.75) is 97.2 Å². The van der Waals surface area contributed by atoms with Crippen molar-refractivity contribution in [1.82, 2.24) is 15.5 Å². The summed E-state index contributed by atoms with van der Waals surface area (Å²) in [6, 6.07) is 3.06. The van der Waals surface area contributed by atoms with E-state index < -0.39 is 29.9 Å². The zero-order valence-corrected chi connectivity index (χ0v) is 28.1. The van der Waals surface area contributed by atoms with E-state index in [9.17, 15) is 24.3 Å². The quantitative estimate of drug-likeness (QED) is 0.107. The molecule has 0 aromatic heterocycles. The fourth-order valence-electron chi connectivity index (χ4n) is 5.33. The SMILES string of the molecule is C=CCCCCC(CCC)C(=O)NC(CC(C)C)C(=O)NC(CC(CC=C)C(=O)N(C)Cc1ccc(OC)cc1OC)C(=O)O. The van der Waals surface area contributed by atoms with Gasteiger partial charge < -0.3 is 30.1 Å². The predicted molar refractivity (Wildman–Crippen MR) is 177 cm³/mol. The lowest BCUT2D eigenvalue weighted by atomic mass is 9.93. The molecule has 0 fully saturated rings. The van der Waals surface area contributed by atoms with E-state index >= 15 is 0 Å². The summed E-state index contributed by atoms with van der Waals surface area (Å²) in [7, 11) is 4.72. The van der Waals surface area contributed by atoms with Gasteiger partial charge in [-0.05, 0) is 63.0 Å². The van der Waals surface area contributed by atoms with Gasteiger partial charge in [-0.2, -0.15) is 0 Å². The number of carbonyl (C=O) groups excluding carboxylic acids is 3. The van der Waals surface area contributed by atoms with Gasteiger partial charge in [0, 0.05) is 37.1 Å². The van der Waals surface area contributed by atoms with Crippen molar-refractivity contribution in [3.8, 4) is 11.5 Å². The van der Waals surface area contributed by atoms with E-state index in [0.29, 0.717) is 30.8 Å².